The quantitative estimate of drug-likeness (QED) is 0.696. The molecule has 1 saturated heterocycles. The summed E-state index contributed by atoms with van der Waals surface area (Å²) in [5.74, 6) is -0.737. The van der Waals surface area contributed by atoms with Gasteiger partial charge in [0.05, 0.1) is 18.6 Å². The standard InChI is InChI=1S/C9H17NO3/c1-9(2,8(11)12)7-10-3-5-13-6-4-10/h3-7H2,1-2H3,(H,11,12). The van der Waals surface area contributed by atoms with Crippen LogP contribution in [0.5, 0.6) is 0 Å². The number of aliphatic carboxylic acids is 1. The number of hydrogen-bond donors (Lipinski definition) is 1. The lowest BCUT2D eigenvalue weighted by molar-refractivity contribution is -0.148. The summed E-state index contributed by atoms with van der Waals surface area (Å²) in [7, 11) is 0. The Bertz CT molecular complexity index is 185. The van der Waals surface area contributed by atoms with E-state index in [4.69, 9.17) is 9.84 Å². The van der Waals surface area contributed by atoms with Crippen molar-refractivity contribution in [2.75, 3.05) is 32.8 Å². The maximum Gasteiger partial charge on any atom is 0.310 e. The smallest absolute Gasteiger partial charge is 0.310 e. The molecule has 0 aromatic heterocycles. The van der Waals surface area contributed by atoms with E-state index in [2.05, 4.69) is 4.90 Å². The third-order valence-corrected chi connectivity index (χ3v) is 2.30. The van der Waals surface area contributed by atoms with Crippen molar-refractivity contribution in [3.05, 3.63) is 0 Å². The molecular weight excluding hydrogens is 170 g/mol. The number of morpholine rings is 1. The summed E-state index contributed by atoms with van der Waals surface area (Å²) >= 11 is 0. The molecule has 1 fully saturated rings. The third-order valence-electron chi connectivity index (χ3n) is 2.30. The lowest BCUT2D eigenvalue weighted by Crippen LogP contribution is -2.44. The number of nitrogens with zero attached hydrogens (tertiary/aromatic N) is 1. The number of carboxylic acids is 1. The summed E-state index contributed by atoms with van der Waals surface area (Å²) < 4.78 is 5.19. The summed E-state index contributed by atoms with van der Waals surface area (Å²) in [6, 6.07) is 0. The molecule has 0 saturated carbocycles. The van der Waals surface area contributed by atoms with Crippen molar-refractivity contribution >= 4 is 5.97 Å². The van der Waals surface area contributed by atoms with Crippen molar-refractivity contribution in [1.29, 1.82) is 0 Å². The summed E-state index contributed by atoms with van der Waals surface area (Å²) in [5, 5.41) is 8.91. The van der Waals surface area contributed by atoms with E-state index in [0.717, 1.165) is 26.3 Å². The molecule has 1 aliphatic rings. The fourth-order valence-electron chi connectivity index (χ4n) is 1.39. The molecule has 1 N–H and O–H groups in total. The average Bonchev–Trinajstić information content (AvgIpc) is 2.05. The van der Waals surface area contributed by atoms with Gasteiger partial charge in [-0.05, 0) is 13.8 Å². The molecule has 4 heteroatoms. The van der Waals surface area contributed by atoms with Crippen LogP contribution in [0.4, 0.5) is 0 Å². The topological polar surface area (TPSA) is 49.8 Å². The highest BCUT2D eigenvalue weighted by Crippen LogP contribution is 2.17. The number of rotatable bonds is 3. The van der Waals surface area contributed by atoms with Crippen LogP contribution in [0.3, 0.4) is 0 Å². The summed E-state index contributed by atoms with van der Waals surface area (Å²) in [6.07, 6.45) is 0. The molecule has 76 valence electrons. The first kappa shape index (κ1) is 10.5. The van der Waals surface area contributed by atoms with E-state index in [0.29, 0.717) is 6.54 Å². The number of carboxylic acid groups (broad SMARTS) is 1. The Hall–Kier alpha value is -0.610. The molecule has 0 atom stereocenters. The van der Waals surface area contributed by atoms with Crippen molar-refractivity contribution in [1.82, 2.24) is 4.90 Å². The summed E-state index contributed by atoms with van der Waals surface area (Å²) in [6.45, 7) is 7.24. The SMILES string of the molecule is CC(C)(CN1CCOCC1)C(=O)O. The van der Waals surface area contributed by atoms with E-state index in [1.165, 1.54) is 0 Å². The van der Waals surface area contributed by atoms with Crippen LogP contribution in [0, 0.1) is 5.41 Å². The number of ether oxygens (including phenoxy) is 1. The van der Waals surface area contributed by atoms with Crippen LogP contribution >= 0.6 is 0 Å². The fraction of sp³-hybridized carbons (Fsp3) is 0.889. The average molecular weight is 187 g/mol. The zero-order valence-electron chi connectivity index (χ0n) is 8.25. The highest BCUT2D eigenvalue weighted by molar-refractivity contribution is 5.73. The predicted molar refractivity (Wildman–Crippen MR) is 48.7 cm³/mol. The van der Waals surface area contributed by atoms with E-state index in [-0.39, 0.29) is 0 Å². The Morgan fingerprint density at radius 2 is 2.00 bits per heavy atom. The van der Waals surface area contributed by atoms with Gasteiger partial charge in [-0.15, -0.1) is 0 Å². The van der Waals surface area contributed by atoms with E-state index in [1.54, 1.807) is 13.8 Å². The zero-order chi connectivity index (χ0) is 9.90. The molecule has 0 radical (unpaired) electrons. The molecular formula is C9H17NO3. The molecule has 1 aliphatic heterocycles. The lowest BCUT2D eigenvalue weighted by atomic mass is 9.93. The lowest BCUT2D eigenvalue weighted by Gasteiger charge is -2.32. The van der Waals surface area contributed by atoms with Gasteiger partial charge in [0.25, 0.3) is 0 Å². The second-order valence-electron chi connectivity index (χ2n) is 4.08. The van der Waals surface area contributed by atoms with Gasteiger partial charge in [-0.3, -0.25) is 9.69 Å². The molecule has 0 amide bonds. The Morgan fingerprint density at radius 1 is 1.46 bits per heavy atom. The highest BCUT2D eigenvalue weighted by Gasteiger charge is 2.30. The molecule has 4 nitrogen and oxygen atoms in total. The van der Waals surface area contributed by atoms with Crippen molar-refractivity contribution < 1.29 is 14.6 Å². The third kappa shape index (κ3) is 2.97. The Morgan fingerprint density at radius 3 is 2.46 bits per heavy atom. The molecule has 0 spiro atoms. The zero-order valence-corrected chi connectivity index (χ0v) is 8.25. The first-order valence-electron chi connectivity index (χ1n) is 4.56. The highest BCUT2D eigenvalue weighted by atomic mass is 16.5. The second kappa shape index (κ2) is 4.07. The first-order chi connectivity index (χ1) is 6.02. The van der Waals surface area contributed by atoms with Crippen LogP contribution in [0.1, 0.15) is 13.8 Å². The first-order valence-corrected chi connectivity index (χ1v) is 4.56. The molecule has 1 heterocycles. The molecule has 13 heavy (non-hydrogen) atoms. The van der Waals surface area contributed by atoms with Gasteiger partial charge >= 0.3 is 5.97 Å². The van der Waals surface area contributed by atoms with Crippen molar-refractivity contribution in [3.8, 4) is 0 Å². The molecule has 0 aliphatic carbocycles. The van der Waals surface area contributed by atoms with Gasteiger partial charge in [-0.2, -0.15) is 0 Å². The van der Waals surface area contributed by atoms with Crippen molar-refractivity contribution in [2.24, 2.45) is 5.41 Å². The molecule has 0 unspecified atom stereocenters. The van der Waals surface area contributed by atoms with Crippen molar-refractivity contribution in [3.63, 3.8) is 0 Å². The van der Waals surface area contributed by atoms with Gasteiger partial charge in [-0.1, -0.05) is 0 Å². The monoisotopic (exact) mass is 187 g/mol. The molecule has 0 aromatic carbocycles. The van der Waals surface area contributed by atoms with Crippen LogP contribution in [-0.4, -0.2) is 48.8 Å². The van der Waals surface area contributed by atoms with Gasteiger partial charge in [0.2, 0.25) is 0 Å². The normalized spacial score (nSPS) is 20.2. The molecule has 1 rings (SSSR count). The number of hydrogen-bond acceptors (Lipinski definition) is 3. The predicted octanol–water partition coefficient (Wildman–Crippen LogP) is 0.429. The van der Waals surface area contributed by atoms with E-state index in [1.807, 2.05) is 0 Å². The fourth-order valence-corrected chi connectivity index (χ4v) is 1.39. The van der Waals surface area contributed by atoms with E-state index in [9.17, 15) is 4.79 Å². The minimum absolute atomic E-state index is 0.603. The summed E-state index contributed by atoms with van der Waals surface area (Å²) in [4.78, 5) is 13.0. The maximum atomic E-state index is 10.8. The minimum atomic E-state index is -0.737. The Balaban J connectivity index is 2.41. The summed E-state index contributed by atoms with van der Waals surface area (Å²) in [5.41, 5.74) is -0.655. The Labute approximate surface area is 78.5 Å². The van der Waals surface area contributed by atoms with Gasteiger partial charge in [-0.25, -0.2) is 0 Å². The van der Waals surface area contributed by atoms with Crippen LogP contribution < -0.4 is 0 Å². The minimum Gasteiger partial charge on any atom is -0.481 e. The second-order valence-corrected chi connectivity index (χ2v) is 4.08. The van der Waals surface area contributed by atoms with Crippen LogP contribution in [0.2, 0.25) is 0 Å². The van der Waals surface area contributed by atoms with Gasteiger partial charge in [0.1, 0.15) is 0 Å². The van der Waals surface area contributed by atoms with Gasteiger partial charge in [0.15, 0.2) is 0 Å². The van der Waals surface area contributed by atoms with Crippen LogP contribution in [-0.2, 0) is 9.53 Å². The molecule has 0 bridgehead atoms. The van der Waals surface area contributed by atoms with Crippen LogP contribution in [0.25, 0.3) is 0 Å². The van der Waals surface area contributed by atoms with E-state index < -0.39 is 11.4 Å². The number of carbonyl (C=O) groups is 1. The molecule has 0 aromatic rings. The van der Waals surface area contributed by atoms with Gasteiger partial charge in [0, 0.05) is 19.6 Å². The largest absolute Gasteiger partial charge is 0.481 e. The van der Waals surface area contributed by atoms with Gasteiger partial charge < -0.3 is 9.84 Å². The maximum absolute atomic E-state index is 10.8. The Kier molecular flexibility index (Phi) is 3.27. The van der Waals surface area contributed by atoms with E-state index >= 15 is 0 Å². The van der Waals surface area contributed by atoms with Crippen molar-refractivity contribution in [2.45, 2.75) is 13.8 Å². The van der Waals surface area contributed by atoms with Crippen LogP contribution in [0.15, 0.2) is 0 Å².